The Labute approximate surface area is 133 Å². The molecule has 0 aliphatic carbocycles. The van der Waals surface area contributed by atoms with Crippen LogP contribution >= 0.6 is 11.8 Å². The Morgan fingerprint density at radius 1 is 1.10 bits per heavy atom. The summed E-state index contributed by atoms with van der Waals surface area (Å²) in [6.45, 7) is 4.45. The molecule has 0 saturated carbocycles. The molecule has 21 heavy (non-hydrogen) atoms. The summed E-state index contributed by atoms with van der Waals surface area (Å²) in [6, 6.07) is 17.9. The first kappa shape index (κ1) is 16.0. The quantitative estimate of drug-likeness (QED) is 0.636. The van der Waals surface area contributed by atoms with Crippen LogP contribution in [0.5, 0.6) is 0 Å². The molecule has 2 heteroatoms. The molecule has 2 rings (SSSR count). The van der Waals surface area contributed by atoms with Crippen LogP contribution in [0.1, 0.15) is 43.9 Å². The molecular weight excluding hydrogens is 274 g/mol. The van der Waals surface area contributed by atoms with Gasteiger partial charge in [0, 0.05) is 16.6 Å². The third-order valence-electron chi connectivity index (χ3n) is 3.75. The van der Waals surface area contributed by atoms with Crippen molar-refractivity contribution in [3.05, 3.63) is 59.7 Å². The number of nitrogens with one attached hydrogen (secondary N) is 1. The van der Waals surface area contributed by atoms with E-state index in [9.17, 15) is 0 Å². The van der Waals surface area contributed by atoms with E-state index in [1.165, 1.54) is 41.0 Å². The predicted octanol–water partition coefficient (Wildman–Crippen LogP) is 5.92. The van der Waals surface area contributed by atoms with Crippen molar-refractivity contribution >= 4 is 17.4 Å². The Morgan fingerprint density at radius 3 is 2.52 bits per heavy atom. The second-order valence-electron chi connectivity index (χ2n) is 5.44. The first-order valence-electron chi connectivity index (χ1n) is 7.72. The monoisotopic (exact) mass is 299 g/mol. The average Bonchev–Trinajstić information content (AvgIpc) is 2.53. The Balaban J connectivity index is 2.00. The van der Waals surface area contributed by atoms with E-state index in [4.69, 9.17) is 0 Å². The molecule has 0 fully saturated rings. The summed E-state index contributed by atoms with van der Waals surface area (Å²) in [5, 5.41) is 3.58. The molecule has 1 unspecified atom stereocenters. The molecule has 0 bridgehead atoms. The smallest absolute Gasteiger partial charge is 0.0485 e. The van der Waals surface area contributed by atoms with Gasteiger partial charge in [0.2, 0.25) is 0 Å². The Kier molecular flexibility index (Phi) is 6.19. The van der Waals surface area contributed by atoms with Crippen LogP contribution < -0.4 is 5.32 Å². The van der Waals surface area contributed by atoms with E-state index >= 15 is 0 Å². The van der Waals surface area contributed by atoms with Gasteiger partial charge in [-0.15, -0.1) is 11.8 Å². The van der Waals surface area contributed by atoms with Crippen molar-refractivity contribution in [1.82, 2.24) is 0 Å². The van der Waals surface area contributed by atoms with Gasteiger partial charge in [-0.3, -0.25) is 0 Å². The number of benzene rings is 2. The van der Waals surface area contributed by atoms with Gasteiger partial charge in [-0.1, -0.05) is 43.7 Å². The molecule has 1 nitrogen and oxygen atoms in total. The second kappa shape index (κ2) is 8.14. The van der Waals surface area contributed by atoms with Crippen LogP contribution in [0.25, 0.3) is 0 Å². The standard InChI is InChI=1S/C19H25NS/c1-4-5-7-16-10-12-17(13-11-16)15(2)20-18-8-6-9-19(14-18)21-3/h6,8-15,20H,4-5,7H2,1-3H3. The molecule has 2 aromatic carbocycles. The summed E-state index contributed by atoms with van der Waals surface area (Å²) in [6.07, 6.45) is 5.83. The maximum atomic E-state index is 3.58. The van der Waals surface area contributed by atoms with Gasteiger partial charge < -0.3 is 5.32 Å². The third kappa shape index (κ3) is 4.82. The number of aryl methyl sites for hydroxylation is 1. The number of hydrogen-bond acceptors (Lipinski definition) is 2. The first-order chi connectivity index (χ1) is 10.2. The van der Waals surface area contributed by atoms with Crippen LogP contribution in [0.3, 0.4) is 0 Å². The fourth-order valence-electron chi connectivity index (χ4n) is 2.40. The maximum Gasteiger partial charge on any atom is 0.0485 e. The van der Waals surface area contributed by atoms with Crippen LogP contribution in [-0.4, -0.2) is 6.26 Å². The van der Waals surface area contributed by atoms with Gasteiger partial charge >= 0.3 is 0 Å². The molecule has 1 atom stereocenters. The summed E-state index contributed by atoms with van der Waals surface area (Å²) >= 11 is 1.78. The lowest BCUT2D eigenvalue weighted by Gasteiger charge is -2.16. The Morgan fingerprint density at radius 2 is 1.86 bits per heavy atom. The van der Waals surface area contributed by atoms with E-state index in [-0.39, 0.29) is 0 Å². The highest BCUT2D eigenvalue weighted by atomic mass is 32.2. The van der Waals surface area contributed by atoms with Crippen LogP contribution in [0.2, 0.25) is 0 Å². The van der Waals surface area contributed by atoms with Crippen molar-refractivity contribution in [2.24, 2.45) is 0 Å². The summed E-state index contributed by atoms with van der Waals surface area (Å²) in [4.78, 5) is 1.29. The summed E-state index contributed by atoms with van der Waals surface area (Å²) in [5.74, 6) is 0. The molecule has 0 aliphatic heterocycles. The van der Waals surface area contributed by atoms with Crippen LogP contribution in [0.15, 0.2) is 53.4 Å². The SMILES string of the molecule is CCCCc1ccc(C(C)Nc2cccc(SC)c2)cc1. The number of rotatable bonds is 7. The fraction of sp³-hybridized carbons (Fsp3) is 0.368. The van der Waals surface area contributed by atoms with Gasteiger partial charge in [0.15, 0.2) is 0 Å². The number of thioether (sulfide) groups is 1. The normalized spacial score (nSPS) is 12.1. The van der Waals surface area contributed by atoms with E-state index in [0.717, 1.165) is 0 Å². The zero-order chi connectivity index (χ0) is 15.1. The molecule has 0 aliphatic rings. The molecule has 1 N–H and O–H groups in total. The van der Waals surface area contributed by atoms with Crippen LogP contribution in [0.4, 0.5) is 5.69 Å². The molecule has 0 heterocycles. The number of unbranched alkanes of at least 4 members (excludes halogenated alkanes) is 1. The largest absolute Gasteiger partial charge is 0.378 e. The zero-order valence-electron chi connectivity index (χ0n) is 13.2. The summed E-state index contributed by atoms with van der Waals surface area (Å²) in [5.41, 5.74) is 3.96. The van der Waals surface area contributed by atoms with E-state index < -0.39 is 0 Å². The molecular formula is C19H25NS. The van der Waals surface area contributed by atoms with Gasteiger partial charge in [-0.25, -0.2) is 0 Å². The lowest BCUT2D eigenvalue weighted by Crippen LogP contribution is -2.06. The minimum Gasteiger partial charge on any atom is -0.378 e. The fourth-order valence-corrected chi connectivity index (χ4v) is 2.86. The topological polar surface area (TPSA) is 12.0 Å². The molecule has 2 aromatic rings. The van der Waals surface area contributed by atoms with Crippen molar-refractivity contribution in [2.45, 2.75) is 44.0 Å². The van der Waals surface area contributed by atoms with E-state index in [2.05, 4.69) is 74.0 Å². The van der Waals surface area contributed by atoms with Crippen molar-refractivity contribution in [2.75, 3.05) is 11.6 Å². The average molecular weight is 299 g/mol. The Hall–Kier alpha value is -1.41. The molecule has 0 aromatic heterocycles. The van der Waals surface area contributed by atoms with Gasteiger partial charge in [0.1, 0.15) is 0 Å². The van der Waals surface area contributed by atoms with Gasteiger partial charge in [-0.05, 0) is 55.3 Å². The van der Waals surface area contributed by atoms with Crippen molar-refractivity contribution in [3.8, 4) is 0 Å². The highest BCUT2D eigenvalue weighted by Gasteiger charge is 2.05. The van der Waals surface area contributed by atoms with Crippen molar-refractivity contribution in [3.63, 3.8) is 0 Å². The number of anilines is 1. The van der Waals surface area contributed by atoms with Gasteiger partial charge in [0.25, 0.3) is 0 Å². The predicted molar refractivity (Wildman–Crippen MR) is 95.3 cm³/mol. The first-order valence-corrected chi connectivity index (χ1v) is 8.95. The zero-order valence-corrected chi connectivity index (χ0v) is 14.0. The summed E-state index contributed by atoms with van der Waals surface area (Å²) in [7, 11) is 0. The minimum atomic E-state index is 0.322. The Bertz CT molecular complexity index is 548. The van der Waals surface area contributed by atoms with E-state index in [1.54, 1.807) is 11.8 Å². The molecule has 0 amide bonds. The van der Waals surface area contributed by atoms with Crippen LogP contribution in [-0.2, 0) is 6.42 Å². The van der Waals surface area contributed by atoms with Crippen molar-refractivity contribution < 1.29 is 0 Å². The maximum absolute atomic E-state index is 3.58. The summed E-state index contributed by atoms with van der Waals surface area (Å²) < 4.78 is 0. The minimum absolute atomic E-state index is 0.322. The van der Waals surface area contributed by atoms with E-state index in [0.29, 0.717) is 6.04 Å². The highest BCUT2D eigenvalue weighted by Crippen LogP contribution is 2.23. The molecule has 112 valence electrons. The lowest BCUT2D eigenvalue weighted by atomic mass is 10.0. The second-order valence-corrected chi connectivity index (χ2v) is 6.32. The third-order valence-corrected chi connectivity index (χ3v) is 4.48. The highest BCUT2D eigenvalue weighted by molar-refractivity contribution is 7.98. The molecule has 0 radical (unpaired) electrons. The van der Waals surface area contributed by atoms with Crippen LogP contribution in [0, 0.1) is 0 Å². The van der Waals surface area contributed by atoms with Crippen molar-refractivity contribution in [1.29, 1.82) is 0 Å². The van der Waals surface area contributed by atoms with E-state index in [1.807, 2.05) is 0 Å². The van der Waals surface area contributed by atoms with Gasteiger partial charge in [-0.2, -0.15) is 0 Å². The van der Waals surface area contributed by atoms with Gasteiger partial charge in [0.05, 0.1) is 0 Å². The number of hydrogen-bond donors (Lipinski definition) is 1. The molecule has 0 spiro atoms. The molecule has 0 saturated heterocycles. The lowest BCUT2D eigenvalue weighted by molar-refractivity contribution is 0.793.